The summed E-state index contributed by atoms with van der Waals surface area (Å²) in [5, 5.41) is 0. The summed E-state index contributed by atoms with van der Waals surface area (Å²) in [6, 6.07) is 9.78. The molecule has 0 spiro atoms. The van der Waals surface area contributed by atoms with Gasteiger partial charge in [-0.2, -0.15) is 0 Å². The lowest BCUT2D eigenvalue weighted by Crippen LogP contribution is -2.23. The molecule has 0 aliphatic heterocycles. The van der Waals surface area contributed by atoms with Crippen molar-refractivity contribution in [3.05, 3.63) is 69.8 Å². The fourth-order valence-corrected chi connectivity index (χ4v) is 8.96. The third-order valence-electron chi connectivity index (χ3n) is 12.1. The van der Waals surface area contributed by atoms with Crippen molar-refractivity contribution < 1.29 is 22.4 Å². The van der Waals surface area contributed by atoms with Crippen molar-refractivity contribution in [2.24, 2.45) is 11.8 Å². The normalized spacial score (nSPS) is 21.8. The summed E-state index contributed by atoms with van der Waals surface area (Å²) < 4.78 is 63.7. The van der Waals surface area contributed by atoms with Crippen LogP contribution in [0, 0.1) is 11.8 Å². The third-order valence-corrected chi connectivity index (χ3v) is 12.1. The molecule has 0 amide bonds. The van der Waals surface area contributed by atoms with Gasteiger partial charge < -0.3 is 0 Å². The van der Waals surface area contributed by atoms with E-state index in [1.54, 1.807) is 26.0 Å². The summed E-state index contributed by atoms with van der Waals surface area (Å²) in [7, 11) is 0. The molecule has 2 fully saturated rings. The summed E-state index contributed by atoms with van der Waals surface area (Å²) in [6.07, 6.45) is 20.5. The van der Waals surface area contributed by atoms with E-state index in [2.05, 4.69) is 13.8 Å². The zero-order valence-corrected chi connectivity index (χ0v) is 31.7. The Morgan fingerprint density at radius 3 is 1.26 bits per heavy atom. The minimum atomic E-state index is -3.23. The number of carbonyl (C=O) groups excluding carboxylic acids is 1. The van der Waals surface area contributed by atoms with Crippen molar-refractivity contribution in [2.75, 3.05) is 0 Å². The van der Waals surface area contributed by atoms with Gasteiger partial charge in [-0.05, 0) is 98.3 Å². The summed E-state index contributed by atoms with van der Waals surface area (Å²) in [6.45, 7) is 7.87. The predicted molar refractivity (Wildman–Crippen MR) is 201 cm³/mol. The van der Waals surface area contributed by atoms with Crippen LogP contribution < -0.4 is 0 Å². The first kappa shape index (κ1) is 40.6. The van der Waals surface area contributed by atoms with Crippen LogP contribution in [0.15, 0.2) is 36.4 Å². The molecule has 50 heavy (non-hydrogen) atoms. The van der Waals surface area contributed by atoms with Crippen molar-refractivity contribution in [3.8, 4) is 0 Å². The number of hydrogen-bond donors (Lipinski definition) is 0. The van der Waals surface area contributed by atoms with Crippen LogP contribution in [0.2, 0.25) is 0 Å². The Hall–Kier alpha value is -2.17. The van der Waals surface area contributed by atoms with Gasteiger partial charge in [0, 0.05) is 35.1 Å². The number of halogens is 4. The van der Waals surface area contributed by atoms with Gasteiger partial charge in [0.25, 0.3) is 11.8 Å². The molecule has 2 saturated carbocycles. The number of benzene rings is 2. The van der Waals surface area contributed by atoms with Crippen LogP contribution >= 0.6 is 0 Å². The highest BCUT2D eigenvalue weighted by Crippen LogP contribution is 2.45. The lowest BCUT2D eigenvalue weighted by atomic mass is 9.75. The number of alkyl halides is 4. The highest BCUT2D eigenvalue weighted by Gasteiger charge is 2.39. The van der Waals surface area contributed by atoms with Crippen molar-refractivity contribution in [2.45, 2.75) is 193 Å². The second kappa shape index (κ2) is 19.6. The SMILES string of the molecule is CCCCCCC1CCC(c2ccc(C(=O)c3ccc(C4CCC(CCCCCC)CC4)cc3C(F)(F)CCC)c(C(F)(F)CCC)c2)CC1. The monoisotopic (exact) mass is 699 g/mol. The van der Waals surface area contributed by atoms with Crippen molar-refractivity contribution in [1.29, 1.82) is 0 Å². The quantitative estimate of drug-likeness (QED) is 0.0764. The minimum Gasteiger partial charge on any atom is -0.289 e. The molecule has 0 atom stereocenters. The van der Waals surface area contributed by atoms with Crippen molar-refractivity contribution in [1.82, 2.24) is 0 Å². The molecule has 0 radical (unpaired) electrons. The molecule has 0 N–H and O–H groups in total. The molecule has 0 unspecified atom stereocenters. The zero-order chi connectivity index (χ0) is 36.1. The first-order valence-electron chi connectivity index (χ1n) is 20.6. The number of unbranched alkanes of at least 4 members (excludes halogenated alkanes) is 6. The number of carbonyl (C=O) groups is 1. The van der Waals surface area contributed by atoms with Crippen LogP contribution in [0.5, 0.6) is 0 Å². The largest absolute Gasteiger partial charge is 0.289 e. The molecule has 2 aromatic rings. The maximum atomic E-state index is 15.9. The number of hydrogen-bond acceptors (Lipinski definition) is 1. The van der Waals surface area contributed by atoms with Crippen LogP contribution in [-0.2, 0) is 11.8 Å². The van der Waals surface area contributed by atoms with Crippen molar-refractivity contribution in [3.63, 3.8) is 0 Å². The first-order chi connectivity index (χ1) is 24.0. The fraction of sp³-hybridized carbons (Fsp3) is 0.711. The molecule has 4 rings (SSSR count). The Labute approximate surface area is 301 Å². The summed E-state index contributed by atoms with van der Waals surface area (Å²) in [5.41, 5.74) is 0.835. The molecule has 5 heteroatoms. The average Bonchev–Trinajstić information content (AvgIpc) is 3.12. The molecular formula is C45H66F4O. The standard InChI is InChI=1S/C45H66F4O/c1-5-9-11-13-15-33-17-21-35(22-18-33)37-25-27-39(41(31-37)44(46,47)29-7-3)43(50)40-28-26-38(32-42(40)45(48,49)30-8-4)36-23-19-34(20-24-36)16-14-12-10-6-2/h25-28,31-36H,5-24,29-30H2,1-4H3. The average molecular weight is 699 g/mol. The molecule has 0 saturated heterocycles. The summed E-state index contributed by atoms with van der Waals surface area (Å²) >= 11 is 0. The van der Waals surface area contributed by atoms with E-state index in [1.165, 1.54) is 76.3 Å². The molecular weight excluding hydrogens is 632 g/mol. The van der Waals surface area contributed by atoms with Crippen LogP contribution in [0.25, 0.3) is 0 Å². The molecule has 0 bridgehead atoms. The highest BCUT2D eigenvalue weighted by atomic mass is 19.3. The maximum absolute atomic E-state index is 15.9. The Balaban J connectivity index is 1.59. The molecule has 2 aliphatic rings. The van der Waals surface area contributed by atoms with E-state index in [-0.39, 0.29) is 59.8 Å². The molecule has 1 nitrogen and oxygen atoms in total. The Morgan fingerprint density at radius 2 is 0.920 bits per heavy atom. The van der Waals surface area contributed by atoms with Crippen LogP contribution in [0.1, 0.15) is 219 Å². The topological polar surface area (TPSA) is 17.1 Å². The summed E-state index contributed by atoms with van der Waals surface area (Å²) in [4.78, 5) is 14.3. The second-order valence-corrected chi connectivity index (χ2v) is 16.0. The van der Waals surface area contributed by atoms with E-state index in [0.29, 0.717) is 11.8 Å². The predicted octanol–water partition coefficient (Wildman–Crippen LogP) is 15.2. The van der Waals surface area contributed by atoms with Crippen molar-refractivity contribution >= 4 is 5.78 Å². The molecule has 0 heterocycles. The molecule has 280 valence electrons. The fourth-order valence-electron chi connectivity index (χ4n) is 8.96. The van der Waals surface area contributed by atoms with E-state index >= 15 is 17.6 Å². The van der Waals surface area contributed by atoms with E-state index < -0.39 is 17.6 Å². The van der Waals surface area contributed by atoms with Crippen LogP contribution in [0.3, 0.4) is 0 Å². The van der Waals surface area contributed by atoms with Gasteiger partial charge in [0.2, 0.25) is 0 Å². The minimum absolute atomic E-state index is 0.137. The smallest absolute Gasteiger partial charge is 0.273 e. The van der Waals surface area contributed by atoms with Gasteiger partial charge in [-0.15, -0.1) is 0 Å². The van der Waals surface area contributed by atoms with Gasteiger partial charge in [-0.25, -0.2) is 17.6 Å². The van der Waals surface area contributed by atoms with Gasteiger partial charge in [-0.1, -0.05) is 129 Å². The van der Waals surface area contributed by atoms with E-state index in [0.717, 1.165) is 62.5 Å². The maximum Gasteiger partial charge on any atom is 0.273 e. The third kappa shape index (κ3) is 10.9. The van der Waals surface area contributed by atoms with Crippen LogP contribution in [0.4, 0.5) is 17.6 Å². The Bertz CT molecular complexity index is 1220. The number of rotatable bonds is 20. The van der Waals surface area contributed by atoms with E-state index in [1.807, 2.05) is 12.1 Å². The lowest BCUT2D eigenvalue weighted by molar-refractivity contribution is -0.0152. The van der Waals surface area contributed by atoms with E-state index in [9.17, 15) is 4.79 Å². The summed E-state index contributed by atoms with van der Waals surface area (Å²) in [5.74, 6) is -5.43. The van der Waals surface area contributed by atoms with Gasteiger partial charge >= 0.3 is 0 Å². The van der Waals surface area contributed by atoms with Crippen LogP contribution in [-0.4, -0.2) is 5.78 Å². The van der Waals surface area contributed by atoms with Gasteiger partial charge in [0.05, 0.1) is 0 Å². The zero-order valence-electron chi connectivity index (χ0n) is 31.7. The second-order valence-electron chi connectivity index (χ2n) is 16.0. The Kier molecular flexibility index (Phi) is 15.9. The van der Waals surface area contributed by atoms with Gasteiger partial charge in [0.1, 0.15) is 0 Å². The molecule has 0 aromatic heterocycles. The molecule has 2 aliphatic carbocycles. The Morgan fingerprint density at radius 1 is 0.540 bits per heavy atom. The first-order valence-corrected chi connectivity index (χ1v) is 20.6. The lowest BCUT2D eigenvalue weighted by Gasteiger charge is -2.30. The number of ketones is 1. The molecule has 2 aromatic carbocycles. The van der Waals surface area contributed by atoms with Gasteiger partial charge in [0.15, 0.2) is 5.78 Å². The van der Waals surface area contributed by atoms with E-state index in [4.69, 9.17) is 0 Å². The highest BCUT2D eigenvalue weighted by molar-refractivity contribution is 6.11. The van der Waals surface area contributed by atoms with Gasteiger partial charge in [-0.3, -0.25) is 4.79 Å².